The van der Waals surface area contributed by atoms with Gasteiger partial charge in [0.2, 0.25) is 0 Å². The zero-order valence-electron chi connectivity index (χ0n) is 12.4. The standard InChI is InChI=1S/C16H26N2O/c1-4-14(2)18-11-9-17(10-12-18)13-15-5-7-16(19-3)8-6-15/h5-8,14H,4,9-13H2,1-3H3. The van der Waals surface area contributed by atoms with Crippen molar-refractivity contribution in [3.05, 3.63) is 29.8 Å². The summed E-state index contributed by atoms with van der Waals surface area (Å²) in [5.74, 6) is 0.935. The van der Waals surface area contributed by atoms with Gasteiger partial charge in [-0.05, 0) is 31.0 Å². The Balaban J connectivity index is 1.81. The Hall–Kier alpha value is -1.06. The molecule has 0 amide bonds. The summed E-state index contributed by atoms with van der Waals surface area (Å²) in [5, 5.41) is 0. The Bertz CT molecular complexity index is 369. The van der Waals surface area contributed by atoms with Gasteiger partial charge < -0.3 is 4.74 Å². The molecule has 1 unspecified atom stereocenters. The lowest BCUT2D eigenvalue weighted by molar-refractivity contribution is 0.0963. The van der Waals surface area contributed by atoms with Gasteiger partial charge in [0, 0.05) is 38.8 Å². The molecule has 1 fully saturated rings. The van der Waals surface area contributed by atoms with Crippen LogP contribution < -0.4 is 4.74 Å². The molecule has 0 spiro atoms. The van der Waals surface area contributed by atoms with E-state index in [1.807, 2.05) is 12.1 Å². The second-order valence-corrected chi connectivity index (χ2v) is 5.42. The maximum atomic E-state index is 5.19. The summed E-state index contributed by atoms with van der Waals surface area (Å²) in [6.45, 7) is 10.4. The van der Waals surface area contributed by atoms with Crippen LogP contribution in [0.1, 0.15) is 25.8 Å². The quantitative estimate of drug-likeness (QED) is 0.811. The lowest BCUT2D eigenvalue weighted by Gasteiger charge is -2.37. The number of hydrogen-bond acceptors (Lipinski definition) is 3. The zero-order chi connectivity index (χ0) is 13.7. The Morgan fingerprint density at radius 2 is 1.74 bits per heavy atom. The summed E-state index contributed by atoms with van der Waals surface area (Å²) in [7, 11) is 1.71. The SMILES string of the molecule is CCC(C)N1CCN(Cc2ccc(OC)cc2)CC1. The van der Waals surface area contributed by atoms with E-state index in [1.165, 1.54) is 38.2 Å². The molecule has 0 aliphatic carbocycles. The van der Waals surface area contributed by atoms with Gasteiger partial charge in [-0.2, -0.15) is 0 Å². The molecule has 2 rings (SSSR count). The summed E-state index contributed by atoms with van der Waals surface area (Å²) in [4.78, 5) is 5.14. The van der Waals surface area contributed by atoms with Crippen LogP contribution in [0, 0.1) is 0 Å². The molecule has 0 aromatic heterocycles. The molecule has 3 nitrogen and oxygen atoms in total. The van der Waals surface area contributed by atoms with Crippen LogP contribution in [0.3, 0.4) is 0 Å². The van der Waals surface area contributed by atoms with Crippen LogP contribution in [-0.4, -0.2) is 49.1 Å². The van der Waals surface area contributed by atoms with E-state index in [-0.39, 0.29) is 0 Å². The van der Waals surface area contributed by atoms with Crippen LogP contribution in [0.15, 0.2) is 24.3 Å². The number of methoxy groups -OCH3 is 1. The Kier molecular flexibility index (Phi) is 5.23. The minimum absolute atomic E-state index is 0.725. The van der Waals surface area contributed by atoms with Crippen molar-refractivity contribution < 1.29 is 4.74 Å². The second-order valence-electron chi connectivity index (χ2n) is 5.42. The number of benzene rings is 1. The average Bonchev–Trinajstić information content (AvgIpc) is 2.48. The third kappa shape index (κ3) is 3.95. The molecule has 0 N–H and O–H groups in total. The van der Waals surface area contributed by atoms with Crippen molar-refractivity contribution in [3.8, 4) is 5.75 Å². The topological polar surface area (TPSA) is 15.7 Å². The van der Waals surface area contributed by atoms with Crippen molar-refractivity contribution >= 4 is 0 Å². The molecule has 1 aliphatic rings. The summed E-state index contributed by atoms with van der Waals surface area (Å²) < 4.78 is 5.19. The number of nitrogens with zero attached hydrogens (tertiary/aromatic N) is 2. The van der Waals surface area contributed by atoms with E-state index < -0.39 is 0 Å². The van der Waals surface area contributed by atoms with Crippen LogP contribution in [0.5, 0.6) is 5.75 Å². The number of rotatable bonds is 5. The molecule has 1 atom stereocenters. The maximum Gasteiger partial charge on any atom is 0.118 e. The van der Waals surface area contributed by atoms with E-state index in [0.717, 1.165) is 18.3 Å². The van der Waals surface area contributed by atoms with E-state index in [0.29, 0.717) is 0 Å². The molecule has 1 saturated heterocycles. The summed E-state index contributed by atoms with van der Waals surface area (Å²) in [5.41, 5.74) is 1.37. The predicted octanol–water partition coefficient (Wildman–Crippen LogP) is 2.61. The van der Waals surface area contributed by atoms with Crippen LogP contribution in [-0.2, 0) is 6.54 Å². The summed E-state index contributed by atoms with van der Waals surface area (Å²) in [6, 6.07) is 9.15. The number of piperazine rings is 1. The second kappa shape index (κ2) is 6.92. The van der Waals surface area contributed by atoms with E-state index in [4.69, 9.17) is 4.74 Å². The summed E-state index contributed by atoms with van der Waals surface area (Å²) >= 11 is 0. The fraction of sp³-hybridized carbons (Fsp3) is 0.625. The van der Waals surface area contributed by atoms with E-state index in [2.05, 4.69) is 35.8 Å². The molecule has 19 heavy (non-hydrogen) atoms. The number of hydrogen-bond donors (Lipinski definition) is 0. The van der Waals surface area contributed by atoms with E-state index in [9.17, 15) is 0 Å². The number of ether oxygens (including phenoxy) is 1. The maximum absolute atomic E-state index is 5.19. The van der Waals surface area contributed by atoms with Gasteiger partial charge >= 0.3 is 0 Å². The highest BCUT2D eigenvalue weighted by Crippen LogP contribution is 2.15. The van der Waals surface area contributed by atoms with Gasteiger partial charge in [-0.25, -0.2) is 0 Å². The molecule has 0 bridgehead atoms. The fourth-order valence-electron chi connectivity index (χ4n) is 2.61. The van der Waals surface area contributed by atoms with Gasteiger partial charge in [-0.15, -0.1) is 0 Å². The Labute approximate surface area is 117 Å². The highest BCUT2D eigenvalue weighted by Gasteiger charge is 2.19. The minimum Gasteiger partial charge on any atom is -0.497 e. The van der Waals surface area contributed by atoms with Gasteiger partial charge in [0.25, 0.3) is 0 Å². The van der Waals surface area contributed by atoms with Crippen LogP contribution >= 0.6 is 0 Å². The van der Waals surface area contributed by atoms with E-state index >= 15 is 0 Å². The highest BCUT2D eigenvalue weighted by atomic mass is 16.5. The van der Waals surface area contributed by atoms with Crippen molar-refractivity contribution in [1.29, 1.82) is 0 Å². The van der Waals surface area contributed by atoms with Crippen LogP contribution in [0.25, 0.3) is 0 Å². The third-order valence-electron chi connectivity index (χ3n) is 4.19. The molecule has 0 saturated carbocycles. The molecule has 106 valence electrons. The molecule has 1 heterocycles. The molecule has 1 aromatic rings. The molecule has 3 heteroatoms. The average molecular weight is 262 g/mol. The van der Waals surface area contributed by atoms with Gasteiger partial charge in [0.15, 0.2) is 0 Å². The van der Waals surface area contributed by atoms with Crippen molar-refractivity contribution in [2.24, 2.45) is 0 Å². The van der Waals surface area contributed by atoms with E-state index in [1.54, 1.807) is 7.11 Å². The molecule has 1 aromatic carbocycles. The van der Waals surface area contributed by atoms with Crippen molar-refractivity contribution in [2.45, 2.75) is 32.9 Å². The largest absolute Gasteiger partial charge is 0.497 e. The highest BCUT2D eigenvalue weighted by molar-refractivity contribution is 5.27. The van der Waals surface area contributed by atoms with Gasteiger partial charge in [-0.1, -0.05) is 19.1 Å². The molecular formula is C16H26N2O. The first-order valence-electron chi connectivity index (χ1n) is 7.32. The predicted molar refractivity (Wildman–Crippen MR) is 79.6 cm³/mol. The van der Waals surface area contributed by atoms with Crippen molar-refractivity contribution in [1.82, 2.24) is 9.80 Å². The summed E-state index contributed by atoms with van der Waals surface area (Å²) in [6.07, 6.45) is 1.25. The van der Waals surface area contributed by atoms with Gasteiger partial charge in [0.05, 0.1) is 7.11 Å². The first-order chi connectivity index (χ1) is 9.22. The third-order valence-corrected chi connectivity index (χ3v) is 4.19. The normalized spacial score (nSPS) is 19.3. The minimum atomic E-state index is 0.725. The fourth-order valence-corrected chi connectivity index (χ4v) is 2.61. The van der Waals surface area contributed by atoms with Crippen molar-refractivity contribution in [3.63, 3.8) is 0 Å². The molecule has 1 aliphatic heterocycles. The van der Waals surface area contributed by atoms with Crippen LogP contribution in [0.4, 0.5) is 0 Å². The van der Waals surface area contributed by atoms with Crippen molar-refractivity contribution in [2.75, 3.05) is 33.3 Å². The monoisotopic (exact) mass is 262 g/mol. The van der Waals surface area contributed by atoms with Gasteiger partial charge in [-0.3, -0.25) is 9.80 Å². The first-order valence-corrected chi connectivity index (χ1v) is 7.32. The Morgan fingerprint density at radius 3 is 2.26 bits per heavy atom. The Morgan fingerprint density at radius 1 is 1.11 bits per heavy atom. The van der Waals surface area contributed by atoms with Crippen LogP contribution in [0.2, 0.25) is 0 Å². The van der Waals surface area contributed by atoms with Gasteiger partial charge in [0.1, 0.15) is 5.75 Å². The smallest absolute Gasteiger partial charge is 0.118 e. The molecular weight excluding hydrogens is 236 g/mol. The first kappa shape index (κ1) is 14.4. The molecule has 0 radical (unpaired) electrons. The lowest BCUT2D eigenvalue weighted by Crippen LogP contribution is -2.48. The lowest BCUT2D eigenvalue weighted by atomic mass is 10.1. The zero-order valence-corrected chi connectivity index (χ0v) is 12.4.